The van der Waals surface area contributed by atoms with Gasteiger partial charge in [-0.2, -0.15) is 0 Å². The predicted octanol–water partition coefficient (Wildman–Crippen LogP) is 0.389. The number of likely N-dealkylation sites (N-methyl/N-ethyl adjacent to an activating group) is 2. The van der Waals surface area contributed by atoms with Gasteiger partial charge in [0.05, 0.1) is 20.1 Å². The maximum atomic E-state index is 3.61. The smallest absolute Gasteiger partial charge is 0.127 e. The average molecular weight is 301 g/mol. The molecule has 96 valence electrons. The van der Waals surface area contributed by atoms with Gasteiger partial charge in [-0.25, -0.2) is 0 Å². The summed E-state index contributed by atoms with van der Waals surface area (Å²) < 4.78 is 1.23. The van der Waals surface area contributed by atoms with Crippen LogP contribution in [-0.2, 0) is 6.54 Å². The Morgan fingerprint density at radius 2 is 1.71 bits per heavy atom. The molecule has 1 unspecified atom stereocenters. The van der Waals surface area contributed by atoms with Crippen LogP contribution in [0.2, 0.25) is 0 Å². The van der Waals surface area contributed by atoms with E-state index < -0.39 is 0 Å². The van der Waals surface area contributed by atoms with Gasteiger partial charge in [0, 0.05) is 10.0 Å². The Hall–Kier alpha value is -0.380. The summed E-state index contributed by atoms with van der Waals surface area (Å²) in [7, 11) is 2.28. The lowest BCUT2D eigenvalue weighted by molar-refractivity contribution is -0.953. The first-order valence-electron chi connectivity index (χ1n) is 6.55. The van der Waals surface area contributed by atoms with Gasteiger partial charge in [0.25, 0.3) is 0 Å². The molecule has 0 aromatic heterocycles. The molecule has 1 rings (SSSR count). The minimum Gasteiger partial charge on any atom is -0.331 e. The summed E-state index contributed by atoms with van der Waals surface area (Å²) in [5.74, 6) is 0. The summed E-state index contributed by atoms with van der Waals surface area (Å²) in [4.78, 5) is 3.27. The second kappa shape index (κ2) is 7.85. The van der Waals surface area contributed by atoms with Gasteiger partial charge in [0.2, 0.25) is 0 Å². The van der Waals surface area contributed by atoms with E-state index in [1.807, 2.05) is 0 Å². The molecule has 0 saturated carbocycles. The van der Waals surface area contributed by atoms with Crippen LogP contribution in [0, 0.1) is 0 Å². The Bertz CT molecular complexity index is 324. The summed E-state index contributed by atoms with van der Waals surface area (Å²) in [5.41, 5.74) is 1.40. The molecular weight excluding hydrogens is 276 g/mol. The van der Waals surface area contributed by atoms with Crippen LogP contribution in [-0.4, -0.2) is 33.2 Å². The van der Waals surface area contributed by atoms with Crippen LogP contribution in [0.15, 0.2) is 28.7 Å². The minimum absolute atomic E-state index is 1.10. The lowest BCUT2D eigenvalue weighted by Crippen LogP contribution is -3.18. The van der Waals surface area contributed by atoms with Crippen molar-refractivity contribution in [2.24, 2.45) is 0 Å². The first-order chi connectivity index (χ1) is 8.17. The molecule has 17 heavy (non-hydrogen) atoms. The zero-order valence-electron chi connectivity index (χ0n) is 11.2. The molecule has 0 aliphatic heterocycles. The maximum absolute atomic E-state index is 3.61. The summed E-state index contributed by atoms with van der Waals surface area (Å²) in [6, 6.07) is 8.52. The number of benzene rings is 1. The lowest BCUT2D eigenvalue weighted by atomic mass is 10.2. The fourth-order valence-electron chi connectivity index (χ4n) is 2.05. The van der Waals surface area contributed by atoms with Crippen molar-refractivity contribution < 1.29 is 9.80 Å². The van der Waals surface area contributed by atoms with E-state index in [1.165, 1.54) is 36.2 Å². The van der Waals surface area contributed by atoms with Crippen molar-refractivity contribution >= 4 is 15.9 Å². The van der Waals surface area contributed by atoms with Gasteiger partial charge in [-0.05, 0) is 19.9 Å². The molecule has 0 aliphatic rings. The average Bonchev–Trinajstić information content (AvgIpc) is 2.33. The number of quaternary nitrogens is 2. The largest absolute Gasteiger partial charge is 0.331 e. The molecule has 2 nitrogen and oxygen atoms in total. The molecule has 0 spiro atoms. The van der Waals surface area contributed by atoms with Crippen molar-refractivity contribution in [1.29, 1.82) is 0 Å². The Kier molecular flexibility index (Phi) is 6.78. The number of halogens is 1. The molecule has 3 heteroatoms. The van der Waals surface area contributed by atoms with Crippen molar-refractivity contribution in [1.82, 2.24) is 0 Å². The monoisotopic (exact) mass is 300 g/mol. The molecule has 0 heterocycles. The Morgan fingerprint density at radius 1 is 1.06 bits per heavy atom. The third kappa shape index (κ3) is 5.19. The van der Waals surface area contributed by atoms with Crippen LogP contribution < -0.4 is 9.80 Å². The minimum atomic E-state index is 1.10. The highest BCUT2D eigenvalue weighted by molar-refractivity contribution is 9.10. The van der Waals surface area contributed by atoms with Gasteiger partial charge in [0.1, 0.15) is 19.6 Å². The topological polar surface area (TPSA) is 8.88 Å². The van der Waals surface area contributed by atoms with E-state index >= 15 is 0 Å². The highest BCUT2D eigenvalue weighted by Crippen LogP contribution is 2.14. The van der Waals surface area contributed by atoms with E-state index in [-0.39, 0.29) is 0 Å². The van der Waals surface area contributed by atoms with Crippen LogP contribution in [0.5, 0.6) is 0 Å². The summed E-state index contributed by atoms with van der Waals surface area (Å²) in [6.07, 6.45) is 0. The van der Waals surface area contributed by atoms with Gasteiger partial charge in [-0.15, -0.1) is 0 Å². The number of nitrogens with one attached hydrogen (secondary N) is 2. The molecule has 0 bridgehead atoms. The molecule has 1 aromatic carbocycles. The van der Waals surface area contributed by atoms with Crippen LogP contribution >= 0.6 is 15.9 Å². The van der Waals surface area contributed by atoms with Gasteiger partial charge in [0.15, 0.2) is 0 Å². The fraction of sp³-hybridized carbons (Fsp3) is 0.571. The molecule has 0 aliphatic carbocycles. The van der Waals surface area contributed by atoms with Crippen molar-refractivity contribution in [3.05, 3.63) is 34.3 Å². The maximum Gasteiger partial charge on any atom is 0.127 e. The van der Waals surface area contributed by atoms with E-state index in [0.717, 1.165) is 6.54 Å². The van der Waals surface area contributed by atoms with Crippen molar-refractivity contribution in [3.8, 4) is 0 Å². The number of hydrogen-bond acceptors (Lipinski definition) is 0. The normalized spacial score (nSPS) is 13.0. The number of hydrogen-bond donors (Lipinski definition) is 2. The Balaban J connectivity index is 2.39. The molecular formula is C14H25BrN2+2. The van der Waals surface area contributed by atoms with Crippen molar-refractivity contribution in [3.63, 3.8) is 0 Å². The van der Waals surface area contributed by atoms with Crippen molar-refractivity contribution in [2.75, 3.05) is 33.2 Å². The van der Waals surface area contributed by atoms with Gasteiger partial charge < -0.3 is 9.80 Å². The quantitative estimate of drug-likeness (QED) is 0.721. The van der Waals surface area contributed by atoms with Gasteiger partial charge in [-0.1, -0.05) is 34.1 Å². The zero-order chi connectivity index (χ0) is 12.7. The third-order valence-corrected chi connectivity index (χ3v) is 4.13. The zero-order valence-corrected chi connectivity index (χ0v) is 12.8. The van der Waals surface area contributed by atoms with Crippen LogP contribution in [0.4, 0.5) is 0 Å². The molecule has 0 saturated heterocycles. The Labute approximate surface area is 114 Å². The molecule has 1 atom stereocenters. The third-order valence-electron chi connectivity index (χ3n) is 3.36. The van der Waals surface area contributed by atoms with E-state index in [1.54, 1.807) is 9.80 Å². The molecule has 0 fully saturated rings. The number of rotatable bonds is 7. The fourth-order valence-corrected chi connectivity index (χ4v) is 2.47. The second-order valence-electron chi connectivity index (χ2n) is 4.68. The van der Waals surface area contributed by atoms with Gasteiger partial charge >= 0.3 is 0 Å². The van der Waals surface area contributed by atoms with Gasteiger partial charge in [-0.3, -0.25) is 0 Å². The molecule has 1 aromatic rings. The molecule has 2 N–H and O–H groups in total. The summed E-state index contributed by atoms with van der Waals surface area (Å²) in [6.45, 7) is 10.6. The highest BCUT2D eigenvalue weighted by atomic mass is 79.9. The second-order valence-corrected chi connectivity index (χ2v) is 5.54. The SMILES string of the molecule is CC[NH+](CC)CC[NH+](C)Cc1ccccc1Br. The Morgan fingerprint density at radius 3 is 2.29 bits per heavy atom. The van der Waals surface area contributed by atoms with Crippen LogP contribution in [0.25, 0.3) is 0 Å². The predicted molar refractivity (Wildman–Crippen MR) is 76.5 cm³/mol. The van der Waals surface area contributed by atoms with Crippen molar-refractivity contribution in [2.45, 2.75) is 20.4 Å². The van der Waals surface area contributed by atoms with Crippen LogP contribution in [0.3, 0.4) is 0 Å². The lowest BCUT2D eigenvalue weighted by Gasteiger charge is -2.19. The van der Waals surface area contributed by atoms with Crippen LogP contribution in [0.1, 0.15) is 19.4 Å². The molecule has 0 radical (unpaired) electrons. The van der Waals surface area contributed by atoms with E-state index in [2.05, 4.69) is 61.1 Å². The summed E-state index contributed by atoms with van der Waals surface area (Å²) >= 11 is 3.61. The summed E-state index contributed by atoms with van der Waals surface area (Å²) in [5, 5.41) is 0. The first-order valence-corrected chi connectivity index (χ1v) is 7.34. The molecule has 0 amide bonds. The first kappa shape index (κ1) is 14.7. The van der Waals surface area contributed by atoms with E-state index in [9.17, 15) is 0 Å². The highest BCUT2D eigenvalue weighted by Gasteiger charge is 2.10. The van der Waals surface area contributed by atoms with E-state index in [4.69, 9.17) is 0 Å². The standard InChI is InChI=1S/C14H23BrN2/c1-4-17(5-2)11-10-16(3)12-13-8-6-7-9-14(13)15/h6-9H,4-5,10-12H2,1-3H3/p+2. The van der Waals surface area contributed by atoms with E-state index in [0.29, 0.717) is 0 Å².